The number of carbonyl (C=O) groups excluding carboxylic acids is 1. The maximum atomic E-state index is 15.1. The summed E-state index contributed by atoms with van der Waals surface area (Å²) in [6.45, 7) is 7.45. The molecule has 2 heterocycles. The van der Waals surface area contributed by atoms with Gasteiger partial charge in [-0.25, -0.2) is 18.6 Å². The third-order valence-corrected chi connectivity index (χ3v) is 7.67. The first-order valence-corrected chi connectivity index (χ1v) is 15.5. The van der Waals surface area contributed by atoms with Crippen LogP contribution in [0.4, 0.5) is 30.8 Å². The van der Waals surface area contributed by atoms with Gasteiger partial charge < -0.3 is 20.3 Å². The number of nitriles is 1. The first-order valence-electron chi connectivity index (χ1n) is 15.5. The van der Waals surface area contributed by atoms with Crippen molar-refractivity contribution in [3.63, 3.8) is 0 Å². The number of ether oxygens (including phenoxy) is 1. The number of benzene rings is 2. The summed E-state index contributed by atoms with van der Waals surface area (Å²) < 4.78 is 35.5. The molecule has 1 aromatic heterocycles. The molecular formula is C35H43F2N5O2. The van der Waals surface area contributed by atoms with E-state index in [4.69, 9.17) is 4.74 Å². The van der Waals surface area contributed by atoms with Crippen LogP contribution in [0.1, 0.15) is 76.0 Å². The lowest BCUT2D eigenvalue weighted by Crippen LogP contribution is -2.35. The highest BCUT2D eigenvalue weighted by Crippen LogP contribution is 2.28. The molecule has 2 N–H and O–H groups in total. The lowest BCUT2D eigenvalue weighted by atomic mass is 9.92. The first-order chi connectivity index (χ1) is 21.1. The van der Waals surface area contributed by atoms with Crippen molar-refractivity contribution in [2.24, 2.45) is 5.92 Å². The Morgan fingerprint density at radius 2 is 1.80 bits per heavy atom. The van der Waals surface area contributed by atoms with E-state index in [9.17, 15) is 10.1 Å². The van der Waals surface area contributed by atoms with Crippen molar-refractivity contribution >= 4 is 23.3 Å². The van der Waals surface area contributed by atoms with Crippen molar-refractivity contribution in [3.8, 4) is 6.07 Å². The van der Waals surface area contributed by atoms with E-state index >= 15 is 8.78 Å². The molecule has 1 saturated heterocycles. The number of hydrogen-bond donors (Lipinski definition) is 2. The van der Waals surface area contributed by atoms with Crippen molar-refractivity contribution in [1.82, 2.24) is 10.3 Å². The maximum Gasteiger partial charge on any atom is 0.407 e. The second-order valence-electron chi connectivity index (χ2n) is 12.5. The van der Waals surface area contributed by atoms with Crippen LogP contribution >= 0.6 is 0 Å². The van der Waals surface area contributed by atoms with Crippen LogP contribution in [0, 0.1) is 28.9 Å². The predicted octanol–water partition coefficient (Wildman–Crippen LogP) is 8.06. The molecule has 0 aliphatic carbocycles. The Balaban J connectivity index is 1.42. The van der Waals surface area contributed by atoms with Crippen LogP contribution < -0.4 is 15.5 Å². The van der Waals surface area contributed by atoms with Crippen LogP contribution in [0.15, 0.2) is 54.7 Å². The number of pyridine rings is 1. The molecule has 0 unspecified atom stereocenters. The van der Waals surface area contributed by atoms with Gasteiger partial charge in [-0.1, -0.05) is 43.2 Å². The van der Waals surface area contributed by atoms with E-state index in [0.717, 1.165) is 57.2 Å². The van der Waals surface area contributed by atoms with E-state index in [1.807, 2.05) is 49.9 Å². The van der Waals surface area contributed by atoms with Crippen molar-refractivity contribution in [3.05, 3.63) is 83.1 Å². The number of nitrogens with zero attached hydrogens (tertiary/aromatic N) is 3. The number of amides is 1. The number of aromatic nitrogens is 1. The third-order valence-electron chi connectivity index (χ3n) is 7.67. The van der Waals surface area contributed by atoms with Crippen LogP contribution in [-0.4, -0.2) is 36.3 Å². The zero-order valence-electron chi connectivity index (χ0n) is 26.0. The molecule has 0 radical (unpaired) electrons. The molecule has 0 saturated carbocycles. The molecule has 1 fully saturated rings. The van der Waals surface area contributed by atoms with E-state index < -0.39 is 23.3 Å². The van der Waals surface area contributed by atoms with Crippen LogP contribution in [0.5, 0.6) is 0 Å². The molecule has 0 bridgehead atoms. The molecule has 9 heteroatoms. The quantitative estimate of drug-likeness (QED) is 0.230. The maximum absolute atomic E-state index is 15.1. The van der Waals surface area contributed by atoms with E-state index in [1.54, 1.807) is 12.3 Å². The summed E-state index contributed by atoms with van der Waals surface area (Å²) >= 11 is 0. The molecule has 4 rings (SSSR count). The summed E-state index contributed by atoms with van der Waals surface area (Å²) in [4.78, 5) is 18.7. The average molecular weight is 604 g/mol. The Labute approximate surface area is 259 Å². The van der Waals surface area contributed by atoms with Gasteiger partial charge in [0.1, 0.15) is 17.5 Å². The largest absolute Gasteiger partial charge is 0.444 e. The van der Waals surface area contributed by atoms with Crippen LogP contribution in [0.2, 0.25) is 0 Å². The number of carbonyl (C=O) groups is 1. The van der Waals surface area contributed by atoms with Gasteiger partial charge in [0.25, 0.3) is 0 Å². The molecule has 234 valence electrons. The van der Waals surface area contributed by atoms with Gasteiger partial charge in [-0.15, -0.1) is 0 Å². The average Bonchev–Trinajstić information content (AvgIpc) is 3.26. The smallest absolute Gasteiger partial charge is 0.407 e. The van der Waals surface area contributed by atoms with Crippen molar-refractivity contribution in [1.29, 1.82) is 5.26 Å². The minimum Gasteiger partial charge on any atom is -0.444 e. The molecule has 1 aliphatic rings. The number of halogens is 2. The van der Waals surface area contributed by atoms with Crippen molar-refractivity contribution in [2.75, 3.05) is 29.9 Å². The highest BCUT2D eigenvalue weighted by atomic mass is 19.1. The fourth-order valence-corrected chi connectivity index (χ4v) is 5.52. The minimum atomic E-state index is -0.589. The van der Waals surface area contributed by atoms with Gasteiger partial charge in [0.05, 0.1) is 23.1 Å². The molecule has 1 amide bonds. The summed E-state index contributed by atoms with van der Waals surface area (Å²) in [5.74, 6) is -0.439. The summed E-state index contributed by atoms with van der Waals surface area (Å²) in [6.07, 6.45) is 7.98. The van der Waals surface area contributed by atoms with Crippen molar-refractivity contribution in [2.45, 2.75) is 77.7 Å². The fourth-order valence-electron chi connectivity index (χ4n) is 5.52. The molecule has 1 aliphatic heterocycles. The lowest BCUT2D eigenvalue weighted by molar-refractivity contribution is 0.0518. The standard InChI is InChI=1S/C35H43F2N5O2/c1-35(2,3)44-34(43)40-23-26(18-25-12-7-6-8-13-25)14-11-15-27-20-32(28(22-38)19-30(27)36)41-29-21-31(37)33(39-24-29)42-16-9-4-5-10-17-42/h6-8,12-13,19-21,24,26,41H,4-5,9-11,14-18,23H2,1-3H3,(H,40,43)/t26-/m1/s1. The SMILES string of the molecule is CC(C)(C)OC(=O)NC[C@H](CCCc1cc(Nc2cnc(N3CCCCCC3)c(F)c2)c(C#N)cc1F)Cc1ccccc1. The lowest BCUT2D eigenvalue weighted by Gasteiger charge is -2.22. The number of hydrogen-bond acceptors (Lipinski definition) is 6. The van der Waals surface area contributed by atoms with Gasteiger partial charge in [-0.3, -0.25) is 0 Å². The van der Waals surface area contributed by atoms with E-state index in [0.29, 0.717) is 42.1 Å². The summed E-state index contributed by atoms with van der Waals surface area (Å²) in [7, 11) is 0. The van der Waals surface area contributed by atoms with Gasteiger partial charge in [0, 0.05) is 25.7 Å². The highest BCUT2D eigenvalue weighted by Gasteiger charge is 2.19. The molecule has 1 atom stereocenters. The van der Waals surface area contributed by atoms with Gasteiger partial charge in [-0.2, -0.15) is 5.26 Å². The second kappa shape index (κ2) is 15.5. The van der Waals surface area contributed by atoms with Gasteiger partial charge in [0.15, 0.2) is 11.6 Å². The monoisotopic (exact) mass is 603 g/mol. The van der Waals surface area contributed by atoms with E-state index in [2.05, 4.69) is 27.8 Å². The fraction of sp³-hybridized carbons (Fsp3) is 0.457. The number of aryl methyl sites for hydroxylation is 1. The number of anilines is 3. The van der Waals surface area contributed by atoms with Crippen LogP contribution in [0.25, 0.3) is 0 Å². The van der Waals surface area contributed by atoms with Crippen molar-refractivity contribution < 1.29 is 18.3 Å². The van der Waals surface area contributed by atoms with E-state index in [-0.39, 0.29) is 11.5 Å². The Kier molecular flexibility index (Phi) is 11.5. The summed E-state index contributed by atoms with van der Waals surface area (Å²) in [5, 5.41) is 15.6. The van der Waals surface area contributed by atoms with Crippen LogP contribution in [-0.2, 0) is 17.6 Å². The second-order valence-corrected chi connectivity index (χ2v) is 12.5. The first kappa shape index (κ1) is 32.7. The predicted molar refractivity (Wildman–Crippen MR) is 170 cm³/mol. The number of alkyl carbamates (subject to hydrolysis) is 1. The Bertz CT molecular complexity index is 1430. The van der Waals surface area contributed by atoms with Gasteiger partial charge >= 0.3 is 6.09 Å². The van der Waals surface area contributed by atoms with E-state index in [1.165, 1.54) is 12.1 Å². The Morgan fingerprint density at radius 1 is 1.07 bits per heavy atom. The van der Waals surface area contributed by atoms with Crippen LogP contribution in [0.3, 0.4) is 0 Å². The topological polar surface area (TPSA) is 90.3 Å². The summed E-state index contributed by atoms with van der Waals surface area (Å²) in [6, 6.07) is 16.3. The Morgan fingerprint density at radius 3 is 2.45 bits per heavy atom. The van der Waals surface area contributed by atoms with Gasteiger partial charge in [-0.05, 0) is 88.5 Å². The summed E-state index contributed by atoms with van der Waals surface area (Å²) in [5.41, 5.74) is 1.95. The minimum absolute atomic E-state index is 0.112. The molecule has 3 aromatic rings. The highest BCUT2D eigenvalue weighted by molar-refractivity contribution is 5.68. The molecule has 2 aromatic carbocycles. The van der Waals surface area contributed by atoms with Gasteiger partial charge in [0.2, 0.25) is 0 Å². The molecular weight excluding hydrogens is 560 g/mol. The zero-order chi connectivity index (χ0) is 31.5. The molecule has 0 spiro atoms. The third kappa shape index (κ3) is 9.94. The number of nitrogens with one attached hydrogen (secondary N) is 2. The number of rotatable bonds is 11. The normalized spacial score (nSPS) is 14.3. The zero-order valence-corrected chi connectivity index (χ0v) is 26.0. The molecule has 7 nitrogen and oxygen atoms in total. The Hall–Kier alpha value is -4.19. The molecule has 44 heavy (non-hydrogen) atoms.